The van der Waals surface area contributed by atoms with E-state index in [1.54, 1.807) is 12.1 Å². The van der Waals surface area contributed by atoms with Gasteiger partial charge in [-0.3, -0.25) is 0 Å². The number of hydrogen-bond donors (Lipinski definition) is 2. The Labute approximate surface area is 114 Å². The van der Waals surface area contributed by atoms with E-state index in [1.807, 2.05) is 24.3 Å². The molecular weight excluding hydrogens is 297 g/mol. The molecule has 1 atom stereocenters. The van der Waals surface area contributed by atoms with Gasteiger partial charge in [0, 0.05) is 16.7 Å². The lowest BCUT2D eigenvalue weighted by Crippen LogP contribution is -2.11. The smallest absolute Gasteiger partial charge is 0.123 e. The van der Waals surface area contributed by atoms with E-state index in [4.69, 9.17) is 0 Å². The van der Waals surface area contributed by atoms with Crippen LogP contribution in [0.2, 0.25) is 0 Å². The van der Waals surface area contributed by atoms with E-state index in [0.717, 1.165) is 15.7 Å². The Morgan fingerprint density at radius 2 is 1.67 bits per heavy atom. The van der Waals surface area contributed by atoms with Gasteiger partial charge in [-0.05, 0) is 42.0 Å². The molecule has 0 aliphatic heterocycles. The summed E-state index contributed by atoms with van der Waals surface area (Å²) in [5, 5.41) is 13.0. The fraction of sp³-hybridized carbons (Fsp3) is 0.143. The first kappa shape index (κ1) is 13.1. The Hall–Kier alpha value is -1.39. The van der Waals surface area contributed by atoms with Gasteiger partial charge in [0.15, 0.2) is 0 Å². The number of hydrogen-bond acceptors (Lipinski definition) is 2. The fourth-order valence-electron chi connectivity index (χ4n) is 1.59. The number of aliphatic hydroxyl groups excluding tert-OH is 1. The highest BCUT2D eigenvalue weighted by Gasteiger charge is 2.06. The summed E-state index contributed by atoms with van der Waals surface area (Å²) in [5.41, 5.74) is 1.63. The Morgan fingerprint density at radius 3 is 2.28 bits per heavy atom. The summed E-state index contributed by atoms with van der Waals surface area (Å²) < 4.78 is 13.7. The van der Waals surface area contributed by atoms with Crippen LogP contribution in [0.3, 0.4) is 0 Å². The van der Waals surface area contributed by atoms with E-state index in [2.05, 4.69) is 21.2 Å². The summed E-state index contributed by atoms with van der Waals surface area (Å²) in [5.74, 6) is -0.269. The highest BCUT2D eigenvalue weighted by Crippen LogP contribution is 2.17. The van der Waals surface area contributed by atoms with Gasteiger partial charge >= 0.3 is 0 Å². The van der Waals surface area contributed by atoms with Crippen molar-refractivity contribution in [3.8, 4) is 0 Å². The highest BCUT2D eigenvalue weighted by molar-refractivity contribution is 9.10. The number of nitrogens with one attached hydrogen (secondary N) is 1. The summed E-state index contributed by atoms with van der Waals surface area (Å²) in [6.45, 7) is 0.382. The van der Waals surface area contributed by atoms with Crippen LogP contribution in [0.1, 0.15) is 11.7 Å². The molecule has 0 amide bonds. The first-order valence-corrected chi connectivity index (χ1v) is 6.37. The van der Waals surface area contributed by atoms with E-state index in [1.165, 1.54) is 12.1 Å². The minimum absolute atomic E-state index is 0.269. The van der Waals surface area contributed by atoms with Crippen LogP contribution in [-0.4, -0.2) is 11.7 Å². The molecule has 2 rings (SSSR count). The molecule has 0 fully saturated rings. The first-order valence-electron chi connectivity index (χ1n) is 5.58. The van der Waals surface area contributed by atoms with Gasteiger partial charge in [-0.15, -0.1) is 0 Å². The second kappa shape index (κ2) is 5.98. The Balaban J connectivity index is 1.93. The topological polar surface area (TPSA) is 32.3 Å². The standard InChI is InChI=1S/C14H13BrFNO/c15-11-3-1-10(2-4-11)14(18)9-17-13-7-5-12(16)6-8-13/h1-8,14,17-18H,9H2. The molecule has 0 radical (unpaired) electrons. The van der Waals surface area contributed by atoms with E-state index in [0.29, 0.717) is 6.54 Å². The summed E-state index contributed by atoms with van der Waals surface area (Å²) in [6, 6.07) is 13.5. The number of benzene rings is 2. The van der Waals surface area contributed by atoms with Crippen molar-refractivity contribution in [3.63, 3.8) is 0 Å². The third-order valence-electron chi connectivity index (χ3n) is 2.60. The molecule has 94 valence electrons. The van der Waals surface area contributed by atoms with Gasteiger partial charge in [-0.2, -0.15) is 0 Å². The highest BCUT2D eigenvalue weighted by atomic mass is 79.9. The van der Waals surface area contributed by atoms with Crippen LogP contribution in [0.15, 0.2) is 53.0 Å². The lowest BCUT2D eigenvalue weighted by atomic mass is 10.1. The van der Waals surface area contributed by atoms with Crippen molar-refractivity contribution >= 4 is 21.6 Å². The lowest BCUT2D eigenvalue weighted by Gasteiger charge is -2.13. The SMILES string of the molecule is OC(CNc1ccc(F)cc1)c1ccc(Br)cc1. The molecule has 0 aliphatic carbocycles. The number of aliphatic hydroxyl groups is 1. The Kier molecular flexibility index (Phi) is 4.33. The van der Waals surface area contributed by atoms with Crippen LogP contribution in [0.25, 0.3) is 0 Å². The predicted molar refractivity (Wildman–Crippen MR) is 74.0 cm³/mol. The van der Waals surface area contributed by atoms with Gasteiger partial charge in [0.05, 0.1) is 6.10 Å². The van der Waals surface area contributed by atoms with Gasteiger partial charge < -0.3 is 10.4 Å². The quantitative estimate of drug-likeness (QED) is 0.902. The van der Waals surface area contributed by atoms with Gasteiger partial charge in [0.25, 0.3) is 0 Å². The second-order valence-electron chi connectivity index (χ2n) is 3.96. The van der Waals surface area contributed by atoms with E-state index in [9.17, 15) is 9.50 Å². The Morgan fingerprint density at radius 1 is 1.06 bits per heavy atom. The predicted octanol–water partition coefficient (Wildman–Crippen LogP) is 3.73. The van der Waals surface area contributed by atoms with Crippen LogP contribution >= 0.6 is 15.9 Å². The molecule has 0 spiro atoms. The van der Waals surface area contributed by atoms with Crippen molar-refractivity contribution in [2.45, 2.75) is 6.10 Å². The van der Waals surface area contributed by atoms with Crippen molar-refractivity contribution in [1.29, 1.82) is 0 Å². The van der Waals surface area contributed by atoms with E-state index >= 15 is 0 Å². The molecule has 0 heterocycles. The van der Waals surface area contributed by atoms with Crippen LogP contribution in [0, 0.1) is 5.82 Å². The zero-order valence-corrected chi connectivity index (χ0v) is 11.2. The summed E-state index contributed by atoms with van der Waals surface area (Å²) in [7, 11) is 0. The van der Waals surface area contributed by atoms with Crippen LogP contribution < -0.4 is 5.32 Å². The zero-order chi connectivity index (χ0) is 13.0. The van der Waals surface area contributed by atoms with Crippen molar-refractivity contribution in [3.05, 3.63) is 64.4 Å². The average Bonchev–Trinajstić information content (AvgIpc) is 2.38. The monoisotopic (exact) mass is 309 g/mol. The van der Waals surface area contributed by atoms with E-state index < -0.39 is 6.10 Å². The molecule has 18 heavy (non-hydrogen) atoms. The summed E-state index contributed by atoms with van der Waals surface area (Å²) >= 11 is 3.34. The maximum Gasteiger partial charge on any atom is 0.123 e. The summed E-state index contributed by atoms with van der Waals surface area (Å²) in [6.07, 6.45) is -0.594. The normalized spacial score (nSPS) is 12.2. The maximum absolute atomic E-state index is 12.7. The minimum Gasteiger partial charge on any atom is -0.387 e. The van der Waals surface area contributed by atoms with Gasteiger partial charge in [0.2, 0.25) is 0 Å². The Bertz CT molecular complexity index is 498. The molecule has 0 bridgehead atoms. The van der Waals surface area contributed by atoms with Gasteiger partial charge in [0.1, 0.15) is 5.82 Å². The number of halogens is 2. The molecule has 2 nitrogen and oxygen atoms in total. The molecule has 2 aromatic carbocycles. The van der Waals surface area contributed by atoms with Crippen molar-refractivity contribution in [1.82, 2.24) is 0 Å². The average molecular weight is 310 g/mol. The minimum atomic E-state index is -0.594. The van der Waals surface area contributed by atoms with Crippen LogP contribution in [-0.2, 0) is 0 Å². The van der Waals surface area contributed by atoms with Gasteiger partial charge in [-0.1, -0.05) is 28.1 Å². The number of rotatable bonds is 4. The molecule has 2 aromatic rings. The van der Waals surface area contributed by atoms with E-state index in [-0.39, 0.29) is 5.82 Å². The third-order valence-corrected chi connectivity index (χ3v) is 3.13. The van der Waals surface area contributed by atoms with Crippen molar-refractivity contribution in [2.24, 2.45) is 0 Å². The molecular formula is C14H13BrFNO. The van der Waals surface area contributed by atoms with Gasteiger partial charge in [-0.25, -0.2) is 4.39 Å². The molecule has 2 N–H and O–H groups in total. The molecule has 1 unspecified atom stereocenters. The fourth-order valence-corrected chi connectivity index (χ4v) is 1.85. The third kappa shape index (κ3) is 3.55. The molecule has 4 heteroatoms. The maximum atomic E-state index is 12.7. The molecule has 0 aromatic heterocycles. The van der Waals surface area contributed by atoms with Crippen LogP contribution in [0.4, 0.5) is 10.1 Å². The summed E-state index contributed by atoms with van der Waals surface area (Å²) in [4.78, 5) is 0. The van der Waals surface area contributed by atoms with Crippen molar-refractivity contribution < 1.29 is 9.50 Å². The zero-order valence-electron chi connectivity index (χ0n) is 9.61. The van der Waals surface area contributed by atoms with Crippen LogP contribution in [0.5, 0.6) is 0 Å². The largest absolute Gasteiger partial charge is 0.387 e. The lowest BCUT2D eigenvalue weighted by molar-refractivity contribution is 0.191. The molecule has 0 aliphatic rings. The molecule has 0 saturated heterocycles. The number of anilines is 1. The molecule has 0 saturated carbocycles. The first-order chi connectivity index (χ1) is 8.65. The second-order valence-corrected chi connectivity index (χ2v) is 4.87. The van der Waals surface area contributed by atoms with Crippen molar-refractivity contribution in [2.75, 3.05) is 11.9 Å².